The second-order valence-electron chi connectivity index (χ2n) is 4.51. The maximum Gasteiger partial charge on any atom is 0.0803 e. The van der Waals surface area contributed by atoms with Crippen molar-refractivity contribution in [1.82, 2.24) is 14.9 Å². The minimum Gasteiger partial charge on any atom is -0.312 e. The molecule has 1 heterocycles. The van der Waals surface area contributed by atoms with Gasteiger partial charge in [0, 0.05) is 10.5 Å². The van der Waals surface area contributed by atoms with Crippen LogP contribution in [0.2, 0.25) is 0 Å². The van der Waals surface area contributed by atoms with E-state index in [0.717, 1.165) is 29.4 Å². The summed E-state index contributed by atoms with van der Waals surface area (Å²) < 4.78 is 5.23. The Morgan fingerprint density at radius 3 is 2.95 bits per heavy atom. The quantitative estimate of drug-likeness (QED) is 0.870. The largest absolute Gasteiger partial charge is 0.312 e. The van der Waals surface area contributed by atoms with Gasteiger partial charge in [-0.15, -0.1) is 5.10 Å². The molecule has 0 amide bonds. The van der Waals surface area contributed by atoms with Gasteiger partial charge in [-0.2, -0.15) is 0 Å². The highest BCUT2D eigenvalue weighted by Crippen LogP contribution is 2.25. The second-order valence-corrected chi connectivity index (χ2v) is 6.21. The number of hydrogen-bond donors (Lipinski definition) is 1. The Morgan fingerprint density at radius 1 is 1.42 bits per heavy atom. The predicted octanol–water partition coefficient (Wildman–Crippen LogP) is 3.76. The molecule has 2 aromatic rings. The van der Waals surface area contributed by atoms with Crippen LogP contribution < -0.4 is 5.32 Å². The fourth-order valence-electron chi connectivity index (χ4n) is 2.12. The maximum atomic E-state index is 4.25. The fourth-order valence-corrected chi connectivity index (χ4v) is 3.37. The van der Waals surface area contributed by atoms with Gasteiger partial charge in [0.05, 0.1) is 10.6 Å². The van der Waals surface area contributed by atoms with E-state index in [4.69, 9.17) is 0 Å². The highest BCUT2D eigenvalue weighted by molar-refractivity contribution is 9.10. The lowest BCUT2D eigenvalue weighted by Crippen LogP contribution is -2.19. The molecule has 0 bridgehead atoms. The predicted molar refractivity (Wildman–Crippen MR) is 83.6 cm³/mol. The van der Waals surface area contributed by atoms with Crippen LogP contribution >= 0.6 is 27.5 Å². The number of benzene rings is 1. The van der Waals surface area contributed by atoms with Crippen LogP contribution in [-0.2, 0) is 12.8 Å². The Bertz CT molecular complexity index is 527. The summed E-state index contributed by atoms with van der Waals surface area (Å²) in [6.45, 7) is 2.17. The number of hydrogen-bond acceptors (Lipinski definition) is 4. The normalized spacial score (nSPS) is 12.6. The summed E-state index contributed by atoms with van der Waals surface area (Å²) in [5.74, 6) is 0. The van der Waals surface area contributed by atoms with Crippen molar-refractivity contribution in [2.24, 2.45) is 0 Å². The number of nitrogens with zero attached hydrogens (tertiary/aromatic N) is 2. The SMILES string of the molecule is CCCc1nnsc1C(Cc1cccc(Br)c1)NC. The maximum absolute atomic E-state index is 4.25. The van der Waals surface area contributed by atoms with E-state index in [-0.39, 0.29) is 6.04 Å². The minimum absolute atomic E-state index is 0.288. The van der Waals surface area contributed by atoms with Gasteiger partial charge in [0.1, 0.15) is 0 Å². The third-order valence-electron chi connectivity index (χ3n) is 3.07. The van der Waals surface area contributed by atoms with E-state index in [2.05, 4.69) is 62.0 Å². The molecule has 1 aromatic heterocycles. The Hall–Kier alpha value is -0.780. The molecule has 2 rings (SSSR count). The van der Waals surface area contributed by atoms with Crippen molar-refractivity contribution in [2.75, 3.05) is 7.05 Å². The zero-order chi connectivity index (χ0) is 13.7. The Morgan fingerprint density at radius 2 is 2.26 bits per heavy atom. The number of rotatable bonds is 6. The van der Waals surface area contributed by atoms with Gasteiger partial charge in [-0.3, -0.25) is 0 Å². The number of nitrogens with one attached hydrogen (secondary N) is 1. The van der Waals surface area contributed by atoms with Crippen molar-refractivity contribution in [3.05, 3.63) is 44.9 Å². The molecule has 1 unspecified atom stereocenters. The molecule has 1 N–H and O–H groups in total. The van der Waals surface area contributed by atoms with Crippen molar-refractivity contribution in [1.29, 1.82) is 0 Å². The van der Waals surface area contributed by atoms with Gasteiger partial charge in [0.15, 0.2) is 0 Å². The van der Waals surface area contributed by atoms with Gasteiger partial charge in [-0.1, -0.05) is 45.9 Å². The number of aryl methyl sites for hydroxylation is 1. The molecule has 3 nitrogen and oxygen atoms in total. The first-order chi connectivity index (χ1) is 9.24. The lowest BCUT2D eigenvalue weighted by molar-refractivity contribution is 0.593. The highest BCUT2D eigenvalue weighted by Gasteiger charge is 2.17. The van der Waals surface area contributed by atoms with Crippen LogP contribution in [0.3, 0.4) is 0 Å². The lowest BCUT2D eigenvalue weighted by atomic mass is 10.0. The molecule has 0 spiro atoms. The standard InChI is InChI=1S/C14H18BrN3S/c1-3-5-12-14(19-18-17-12)13(16-2)9-10-6-4-7-11(15)8-10/h4,6-8,13,16H,3,5,9H2,1-2H3. The van der Waals surface area contributed by atoms with Crippen molar-refractivity contribution in [3.8, 4) is 0 Å². The number of aromatic nitrogens is 2. The van der Waals surface area contributed by atoms with Crippen LogP contribution in [0.15, 0.2) is 28.7 Å². The Labute approximate surface area is 126 Å². The molecule has 0 fully saturated rings. The van der Waals surface area contributed by atoms with E-state index in [1.54, 1.807) is 0 Å². The molecule has 0 aliphatic heterocycles. The smallest absolute Gasteiger partial charge is 0.0803 e. The lowest BCUT2D eigenvalue weighted by Gasteiger charge is -2.15. The minimum atomic E-state index is 0.288. The van der Waals surface area contributed by atoms with Crippen molar-refractivity contribution < 1.29 is 0 Å². The van der Waals surface area contributed by atoms with Gasteiger partial charge in [0.25, 0.3) is 0 Å². The first kappa shape index (κ1) is 14.6. The van der Waals surface area contributed by atoms with Crippen LogP contribution in [0.1, 0.15) is 35.5 Å². The molecule has 19 heavy (non-hydrogen) atoms. The topological polar surface area (TPSA) is 37.8 Å². The average molecular weight is 340 g/mol. The second kappa shape index (κ2) is 7.12. The zero-order valence-electron chi connectivity index (χ0n) is 11.2. The molecule has 102 valence electrons. The molecular weight excluding hydrogens is 322 g/mol. The summed E-state index contributed by atoms with van der Waals surface area (Å²) >= 11 is 5.03. The van der Waals surface area contributed by atoms with Crippen LogP contribution in [0.4, 0.5) is 0 Å². The van der Waals surface area contributed by atoms with Crippen molar-refractivity contribution in [3.63, 3.8) is 0 Å². The van der Waals surface area contributed by atoms with Gasteiger partial charge >= 0.3 is 0 Å². The molecule has 0 aliphatic carbocycles. The number of halogens is 1. The third kappa shape index (κ3) is 3.84. The van der Waals surface area contributed by atoms with Gasteiger partial charge < -0.3 is 5.32 Å². The molecule has 0 radical (unpaired) electrons. The highest BCUT2D eigenvalue weighted by atomic mass is 79.9. The molecule has 5 heteroatoms. The molecule has 1 atom stereocenters. The zero-order valence-corrected chi connectivity index (χ0v) is 13.6. The Balaban J connectivity index is 2.18. The fraction of sp³-hybridized carbons (Fsp3) is 0.429. The summed E-state index contributed by atoms with van der Waals surface area (Å²) in [4.78, 5) is 1.27. The van der Waals surface area contributed by atoms with Crippen LogP contribution in [-0.4, -0.2) is 16.6 Å². The number of likely N-dealkylation sites (N-methyl/N-ethyl adjacent to an activating group) is 1. The molecule has 1 aromatic carbocycles. The average Bonchev–Trinajstić information content (AvgIpc) is 2.85. The van der Waals surface area contributed by atoms with Crippen molar-refractivity contribution >= 4 is 27.5 Å². The first-order valence-corrected chi connectivity index (χ1v) is 8.04. The van der Waals surface area contributed by atoms with E-state index in [1.165, 1.54) is 22.0 Å². The third-order valence-corrected chi connectivity index (χ3v) is 4.44. The summed E-state index contributed by atoms with van der Waals surface area (Å²) in [5.41, 5.74) is 2.45. The van der Waals surface area contributed by atoms with E-state index in [9.17, 15) is 0 Å². The van der Waals surface area contributed by atoms with E-state index in [0.29, 0.717) is 0 Å². The van der Waals surface area contributed by atoms with Crippen LogP contribution in [0.5, 0.6) is 0 Å². The molecule has 0 aliphatic rings. The summed E-state index contributed by atoms with van der Waals surface area (Å²) in [7, 11) is 2.00. The summed E-state index contributed by atoms with van der Waals surface area (Å²) in [5, 5.41) is 7.64. The molecular formula is C14H18BrN3S. The van der Waals surface area contributed by atoms with E-state index >= 15 is 0 Å². The monoisotopic (exact) mass is 339 g/mol. The van der Waals surface area contributed by atoms with Gasteiger partial charge in [0.2, 0.25) is 0 Å². The van der Waals surface area contributed by atoms with E-state index < -0.39 is 0 Å². The van der Waals surface area contributed by atoms with Crippen LogP contribution in [0.25, 0.3) is 0 Å². The first-order valence-electron chi connectivity index (χ1n) is 6.47. The van der Waals surface area contributed by atoms with Gasteiger partial charge in [-0.05, 0) is 49.1 Å². The Kier molecular flexibility index (Phi) is 5.48. The molecule has 0 saturated heterocycles. The molecule has 0 saturated carbocycles. The summed E-state index contributed by atoms with van der Waals surface area (Å²) in [6.07, 6.45) is 3.06. The van der Waals surface area contributed by atoms with Crippen LogP contribution in [0, 0.1) is 0 Å². The summed E-state index contributed by atoms with van der Waals surface area (Å²) in [6, 6.07) is 8.73. The van der Waals surface area contributed by atoms with Gasteiger partial charge in [-0.25, -0.2) is 0 Å². The van der Waals surface area contributed by atoms with Crippen molar-refractivity contribution in [2.45, 2.75) is 32.2 Å². The van der Waals surface area contributed by atoms with E-state index in [1.807, 2.05) is 7.05 Å².